The Balaban J connectivity index is 0.000000193. The van der Waals surface area contributed by atoms with Crippen LogP contribution >= 0.6 is 0 Å². The first kappa shape index (κ1) is 43.6. The smallest absolute Gasteiger partial charge is 0.258 e. The van der Waals surface area contributed by atoms with Crippen molar-refractivity contribution in [2.75, 3.05) is 53.1 Å². The Bertz CT molecular complexity index is 2330. The number of hydrogen-bond acceptors (Lipinski definition) is 8. The van der Waals surface area contributed by atoms with Crippen LogP contribution in [0.2, 0.25) is 0 Å². The van der Waals surface area contributed by atoms with E-state index in [2.05, 4.69) is 36.2 Å². The molecule has 2 amide bonds. The molecule has 9 rings (SSSR count). The molecule has 0 bridgehead atoms. The third-order valence-corrected chi connectivity index (χ3v) is 10.9. The number of nitrogens with zero attached hydrogens (tertiary/aromatic N) is 4. The SMILES string of the molecule is CCOc1cc2c(cc1OC)C(=O)N1c3ccccc3C[C@H]1[CH-]N2C.Cc1cc(N)cc(COc2cc3c(cc2C)C(=O)N2c4ccccc4C[C@H]2[CH-]N3C)c1.[Y].[Y]. The molecule has 58 heavy (non-hydrogen) atoms. The summed E-state index contributed by atoms with van der Waals surface area (Å²) in [6.07, 6.45) is 1.66. The number of ether oxygens (including phenoxy) is 3. The zero-order chi connectivity index (χ0) is 39.2. The molecule has 0 fully saturated rings. The minimum Gasteiger partial charge on any atom is -0.522 e. The first-order valence-corrected chi connectivity index (χ1v) is 19.0. The van der Waals surface area contributed by atoms with Crippen molar-refractivity contribution in [3.63, 3.8) is 0 Å². The van der Waals surface area contributed by atoms with Gasteiger partial charge in [0.05, 0.1) is 24.8 Å². The number of carbonyl (C=O) groups is 2. The fraction of sp³-hybridized carbons (Fsp3) is 0.261. The molecular formula is C46H47N5O5Y2-2. The number of benzene rings is 5. The fourth-order valence-corrected chi connectivity index (χ4v) is 8.40. The molecule has 2 atom stereocenters. The van der Waals surface area contributed by atoms with Crippen LogP contribution in [-0.4, -0.2) is 51.7 Å². The first-order chi connectivity index (χ1) is 27.0. The number of anilines is 5. The molecule has 4 heterocycles. The van der Waals surface area contributed by atoms with Gasteiger partial charge in [0.1, 0.15) is 12.4 Å². The van der Waals surface area contributed by atoms with Gasteiger partial charge in [-0.3, -0.25) is 9.59 Å². The van der Waals surface area contributed by atoms with E-state index < -0.39 is 0 Å². The number of hydrogen-bond donors (Lipinski definition) is 1. The predicted octanol–water partition coefficient (Wildman–Crippen LogP) is 7.92. The summed E-state index contributed by atoms with van der Waals surface area (Å²) in [6, 6.07) is 29.8. The van der Waals surface area contributed by atoms with E-state index in [1.54, 1.807) is 13.2 Å². The molecule has 294 valence electrons. The molecule has 4 aliphatic rings. The van der Waals surface area contributed by atoms with E-state index in [0.717, 1.165) is 63.7 Å². The van der Waals surface area contributed by atoms with Gasteiger partial charge >= 0.3 is 0 Å². The fourth-order valence-electron chi connectivity index (χ4n) is 8.40. The molecule has 2 N–H and O–H groups in total. The first-order valence-electron chi connectivity index (χ1n) is 19.0. The van der Waals surface area contributed by atoms with Crippen molar-refractivity contribution in [3.8, 4) is 17.2 Å². The quantitative estimate of drug-likeness (QED) is 0.136. The molecule has 0 aromatic heterocycles. The summed E-state index contributed by atoms with van der Waals surface area (Å²) >= 11 is 0. The second kappa shape index (κ2) is 18.1. The van der Waals surface area contributed by atoms with Gasteiger partial charge < -0.3 is 39.5 Å². The van der Waals surface area contributed by atoms with Gasteiger partial charge in [-0.05, 0) is 112 Å². The van der Waals surface area contributed by atoms with E-state index in [0.29, 0.717) is 35.8 Å². The monoisotopic (exact) mass is 927 g/mol. The summed E-state index contributed by atoms with van der Waals surface area (Å²) in [5, 5.41) is 0. The summed E-state index contributed by atoms with van der Waals surface area (Å²) in [5.74, 6) is 2.03. The van der Waals surface area contributed by atoms with E-state index in [9.17, 15) is 9.59 Å². The third-order valence-electron chi connectivity index (χ3n) is 10.9. The number of fused-ring (bicyclic) bond motifs is 8. The molecule has 0 spiro atoms. The molecule has 5 aromatic carbocycles. The predicted molar refractivity (Wildman–Crippen MR) is 222 cm³/mol. The van der Waals surface area contributed by atoms with E-state index in [4.69, 9.17) is 19.9 Å². The van der Waals surface area contributed by atoms with Crippen molar-refractivity contribution in [3.05, 3.63) is 143 Å². The van der Waals surface area contributed by atoms with Crippen LogP contribution in [0.5, 0.6) is 17.2 Å². The van der Waals surface area contributed by atoms with Crippen molar-refractivity contribution in [2.45, 2.75) is 52.3 Å². The summed E-state index contributed by atoms with van der Waals surface area (Å²) in [7, 11) is 5.56. The van der Waals surface area contributed by atoms with Gasteiger partial charge in [0.15, 0.2) is 11.5 Å². The molecule has 0 aliphatic carbocycles. The zero-order valence-corrected chi connectivity index (χ0v) is 39.5. The molecule has 12 heteroatoms. The zero-order valence-electron chi connectivity index (χ0n) is 33.9. The van der Waals surface area contributed by atoms with E-state index >= 15 is 0 Å². The van der Waals surface area contributed by atoms with Crippen LogP contribution in [0.15, 0.2) is 91.0 Å². The van der Waals surface area contributed by atoms with Crippen molar-refractivity contribution < 1.29 is 89.2 Å². The van der Waals surface area contributed by atoms with Gasteiger partial charge in [0.2, 0.25) is 0 Å². The van der Waals surface area contributed by atoms with Gasteiger partial charge in [-0.2, -0.15) is 0 Å². The number of rotatable bonds is 6. The van der Waals surface area contributed by atoms with Crippen molar-refractivity contribution >= 4 is 40.3 Å². The second-order valence-electron chi connectivity index (χ2n) is 14.8. The van der Waals surface area contributed by atoms with Crippen LogP contribution in [-0.2, 0) is 84.9 Å². The van der Waals surface area contributed by atoms with Crippen LogP contribution in [0, 0.1) is 26.9 Å². The summed E-state index contributed by atoms with van der Waals surface area (Å²) < 4.78 is 17.3. The number of carbonyl (C=O) groups excluding carboxylic acids is 2. The van der Waals surface area contributed by atoms with Crippen LogP contribution in [0.25, 0.3) is 0 Å². The maximum Gasteiger partial charge on any atom is 0.258 e. The largest absolute Gasteiger partial charge is 0.522 e. The third kappa shape index (κ3) is 8.27. The number of aryl methyl sites for hydroxylation is 2. The van der Waals surface area contributed by atoms with Gasteiger partial charge in [0.25, 0.3) is 11.8 Å². The van der Waals surface area contributed by atoms with Crippen LogP contribution < -0.4 is 39.5 Å². The molecule has 10 nitrogen and oxygen atoms in total. The average molecular weight is 928 g/mol. The molecule has 0 saturated carbocycles. The Morgan fingerprint density at radius 3 is 1.74 bits per heavy atom. The summed E-state index contributed by atoms with van der Waals surface area (Å²) in [6.45, 7) is 11.1. The minimum atomic E-state index is -0.00750. The van der Waals surface area contributed by atoms with Gasteiger partial charge in [-0.15, -0.1) is 0 Å². The molecule has 0 saturated heterocycles. The minimum absolute atomic E-state index is 0. The Kier molecular flexibility index (Phi) is 13.6. The number of nitrogen functional groups attached to an aromatic ring is 1. The number of para-hydroxylation sites is 2. The average Bonchev–Trinajstić information content (AvgIpc) is 3.68. The molecule has 4 aliphatic heterocycles. The molecule has 2 radical (unpaired) electrons. The van der Waals surface area contributed by atoms with E-state index in [1.165, 1.54) is 11.1 Å². The number of likely N-dealkylation sites (N-methyl/N-ethyl adjacent to an activating group) is 2. The van der Waals surface area contributed by atoms with Gasteiger partial charge in [0, 0.05) is 106 Å². The van der Waals surface area contributed by atoms with E-state index in [-0.39, 0.29) is 89.3 Å². The molecular weight excluding hydrogens is 880 g/mol. The Morgan fingerprint density at radius 1 is 0.672 bits per heavy atom. The molecule has 0 unspecified atom stereocenters. The van der Waals surface area contributed by atoms with Crippen LogP contribution in [0.4, 0.5) is 28.4 Å². The van der Waals surface area contributed by atoms with Crippen molar-refractivity contribution in [1.82, 2.24) is 0 Å². The van der Waals surface area contributed by atoms with Gasteiger partial charge in [-0.25, -0.2) is 13.1 Å². The maximum absolute atomic E-state index is 13.6. The maximum atomic E-state index is 13.6. The Morgan fingerprint density at radius 2 is 1.21 bits per heavy atom. The normalized spacial score (nSPS) is 17.1. The van der Waals surface area contributed by atoms with Crippen molar-refractivity contribution in [1.29, 1.82) is 0 Å². The van der Waals surface area contributed by atoms with Crippen LogP contribution in [0.3, 0.4) is 0 Å². The summed E-state index contributed by atoms with van der Waals surface area (Å²) in [4.78, 5) is 34.8. The number of amides is 2. The van der Waals surface area contributed by atoms with Gasteiger partial charge in [-0.1, -0.05) is 54.5 Å². The Hall–Kier alpha value is -3.95. The molecule has 5 aromatic rings. The van der Waals surface area contributed by atoms with Crippen molar-refractivity contribution in [2.24, 2.45) is 0 Å². The standard InChI is InChI=1S/C26H26N3O2.C20H21N2O3.2Y/c1-16-8-18(11-20(27)9-16)15-31-25-13-24-22(10-17(25)2)26(30)29-21(14-28(24)3)12-19-6-4-5-7-23(19)29;1-4-25-19-11-17-15(10-18(19)24-3)20(23)22-14(12-21(17)2)9-13-7-5-6-8-16(13)22;;/h4-11,13-14,21H,12,15,27H2,1-3H3;5-8,10-12,14H,4,9H2,1-3H3;;/q2*-1;;/t21-;14-;;/m00../s1. The summed E-state index contributed by atoms with van der Waals surface area (Å²) in [5.41, 5.74) is 17.2. The number of nitrogens with two attached hydrogens (primary N) is 1. The Labute approximate surface area is 391 Å². The topological polar surface area (TPSA) is 101 Å². The second-order valence-corrected chi connectivity index (χ2v) is 14.8. The number of methoxy groups -OCH3 is 1. The van der Waals surface area contributed by atoms with E-state index in [1.807, 2.05) is 116 Å². The van der Waals surface area contributed by atoms with Crippen LogP contribution in [0.1, 0.15) is 55.5 Å².